The maximum absolute atomic E-state index is 11.8. The second kappa shape index (κ2) is 5.96. The molecular formula is C13H16N4O2S. The molecule has 0 spiro atoms. The summed E-state index contributed by atoms with van der Waals surface area (Å²) in [5.41, 5.74) is 1.89. The Hall–Kier alpha value is -2.02. The van der Waals surface area contributed by atoms with E-state index in [1.807, 2.05) is 35.9 Å². The SMILES string of the molecule is CNC(=O)NC(=O)[C@H](C)Sc1nc2ccccc2n1C. The van der Waals surface area contributed by atoms with E-state index in [-0.39, 0.29) is 5.91 Å². The van der Waals surface area contributed by atoms with E-state index in [4.69, 9.17) is 0 Å². The third-order valence-corrected chi connectivity index (χ3v) is 4.00. The van der Waals surface area contributed by atoms with Crippen molar-refractivity contribution >= 4 is 34.7 Å². The highest BCUT2D eigenvalue weighted by atomic mass is 32.2. The van der Waals surface area contributed by atoms with Crippen LogP contribution in [0.15, 0.2) is 29.4 Å². The lowest BCUT2D eigenvalue weighted by Crippen LogP contribution is -2.41. The molecule has 2 N–H and O–H groups in total. The normalized spacial score (nSPS) is 12.2. The number of nitrogens with one attached hydrogen (secondary N) is 2. The quantitative estimate of drug-likeness (QED) is 0.841. The van der Waals surface area contributed by atoms with Crippen LogP contribution < -0.4 is 10.6 Å². The van der Waals surface area contributed by atoms with E-state index in [1.54, 1.807) is 6.92 Å². The molecule has 20 heavy (non-hydrogen) atoms. The minimum Gasteiger partial charge on any atom is -0.341 e. The van der Waals surface area contributed by atoms with Crippen LogP contribution in [-0.4, -0.2) is 33.8 Å². The number of fused-ring (bicyclic) bond motifs is 1. The number of carbonyl (C=O) groups excluding carboxylic acids is 2. The minimum atomic E-state index is -0.507. The van der Waals surface area contributed by atoms with Crippen molar-refractivity contribution < 1.29 is 9.59 Å². The van der Waals surface area contributed by atoms with Crippen LogP contribution in [0.3, 0.4) is 0 Å². The molecular weight excluding hydrogens is 276 g/mol. The van der Waals surface area contributed by atoms with Gasteiger partial charge in [0, 0.05) is 14.1 Å². The van der Waals surface area contributed by atoms with Crippen LogP contribution in [0.4, 0.5) is 4.79 Å². The number of aromatic nitrogens is 2. The number of rotatable bonds is 3. The lowest BCUT2D eigenvalue weighted by molar-refractivity contribution is -0.119. The van der Waals surface area contributed by atoms with Gasteiger partial charge < -0.3 is 9.88 Å². The molecule has 0 radical (unpaired) electrons. The number of para-hydroxylation sites is 2. The summed E-state index contributed by atoms with van der Waals surface area (Å²) in [6, 6.07) is 7.26. The fraction of sp³-hybridized carbons (Fsp3) is 0.308. The first-order chi connectivity index (χ1) is 9.52. The molecule has 0 unspecified atom stereocenters. The summed E-state index contributed by atoms with van der Waals surface area (Å²) in [6.45, 7) is 1.74. The average molecular weight is 292 g/mol. The summed E-state index contributed by atoms with van der Waals surface area (Å²) in [6.07, 6.45) is 0. The highest BCUT2D eigenvalue weighted by molar-refractivity contribution is 8.00. The van der Waals surface area contributed by atoms with Gasteiger partial charge in [0.05, 0.1) is 16.3 Å². The van der Waals surface area contributed by atoms with Crippen LogP contribution in [0.5, 0.6) is 0 Å². The van der Waals surface area contributed by atoms with E-state index < -0.39 is 11.3 Å². The number of aryl methyl sites for hydroxylation is 1. The molecule has 3 amide bonds. The largest absolute Gasteiger partial charge is 0.341 e. The molecule has 1 heterocycles. The van der Waals surface area contributed by atoms with Crippen LogP contribution in [0.2, 0.25) is 0 Å². The highest BCUT2D eigenvalue weighted by Crippen LogP contribution is 2.26. The Morgan fingerprint density at radius 2 is 2.05 bits per heavy atom. The first-order valence-corrected chi connectivity index (χ1v) is 7.01. The zero-order chi connectivity index (χ0) is 14.7. The predicted molar refractivity (Wildman–Crippen MR) is 78.6 cm³/mol. The number of imide groups is 1. The fourth-order valence-electron chi connectivity index (χ4n) is 1.72. The molecule has 0 saturated carbocycles. The van der Waals surface area contributed by atoms with Gasteiger partial charge in [-0.25, -0.2) is 9.78 Å². The fourth-order valence-corrected chi connectivity index (χ4v) is 2.61. The number of carbonyl (C=O) groups is 2. The Morgan fingerprint density at radius 1 is 1.35 bits per heavy atom. The molecule has 0 aliphatic carbocycles. The van der Waals surface area contributed by atoms with E-state index in [0.717, 1.165) is 16.2 Å². The topological polar surface area (TPSA) is 76.0 Å². The Kier molecular flexibility index (Phi) is 4.29. The van der Waals surface area contributed by atoms with Crippen molar-refractivity contribution in [2.24, 2.45) is 7.05 Å². The number of imidazole rings is 1. The third-order valence-electron chi connectivity index (χ3n) is 2.86. The molecule has 0 bridgehead atoms. The number of nitrogens with zero attached hydrogens (tertiary/aromatic N) is 2. The Balaban J connectivity index is 2.13. The van der Waals surface area contributed by atoms with Crippen molar-refractivity contribution in [3.8, 4) is 0 Å². The third kappa shape index (κ3) is 2.93. The first-order valence-electron chi connectivity index (χ1n) is 6.13. The number of thioether (sulfide) groups is 1. The Bertz CT molecular complexity index is 653. The van der Waals surface area contributed by atoms with E-state index in [0.29, 0.717) is 0 Å². The van der Waals surface area contributed by atoms with Gasteiger partial charge in [-0.05, 0) is 19.1 Å². The van der Waals surface area contributed by atoms with Crippen molar-refractivity contribution in [3.05, 3.63) is 24.3 Å². The van der Waals surface area contributed by atoms with Gasteiger partial charge in [-0.3, -0.25) is 10.1 Å². The van der Waals surface area contributed by atoms with Crippen molar-refractivity contribution in [2.75, 3.05) is 7.05 Å². The molecule has 1 aromatic heterocycles. The Labute approximate surface area is 120 Å². The predicted octanol–water partition coefficient (Wildman–Crippen LogP) is 1.51. The summed E-state index contributed by atoms with van der Waals surface area (Å²) in [5.74, 6) is -0.346. The molecule has 1 atom stereocenters. The second-order valence-corrected chi connectivity index (χ2v) is 5.58. The van der Waals surface area contributed by atoms with Gasteiger partial charge in [0.15, 0.2) is 5.16 Å². The number of hydrogen-bond acceptors (Lipinski definition) is 4. The molecule has 2 rings (SSSR count). The van der Waals surface area contributed by atoms with E-state index in [9.17, 15) is 9.59 Å². The lowest BCUT2D eigenvalue weighted by atomic mass is 10.3. The number of amides is 3. The van der Waals surface area contributed by atoms with Crippen LogP contribution >= 0.6 is 11.8 Å². The number of hydrogen-bond donors (Lipinski definition) is 2. The zero-order valence-electron chi connectivity index (χ0n) is 11.5. The van der Waals surface area contributed by atoms with Crippen molar-refractivity contribution in [1.82, 2.24) is 20.2 Å². The van der Waals surface area contributed by atoms with Gasteiger partial charge in [-0.2, -0.15) is 0 Å². The van der Waals surface area contributed by atoms with Crippen molar-refractivity contribution in [1.29, 1.82) is 0 Å². The minimum absolute atomic E-state index is 0.346. The summed E-state index contributed by atoms with van der Waals surface area (Å²) >= 11 is 1.32. The lowest BCUT2D eigenvalue weighted by Gasteiger charge is -2.10. The smallest absolute Gasteiger partial charge is 0.321 e. The monoisotopic (exact) mass is 292 g/mol. The van der Waals surface area contributed by atoms with Gasteiger partial charge >= 0.3 is 6.03 Å². The standard InChI is InChI=1S/C13H16N4O2S/c1-8(11(18)16-12(19)14-2)20-13-15-9-6-4-5-7-10(9)17(13)3/h4-8H,1-3H3,(H2,14,16,18,19)/t8-/m0/s1. The summed E-state index contributed by atoms with van der Waals surface area (Å²) in [4.78, 5) is 27.4. The molecule has 0 saturated heterocycles. The highest BCUT2D eigenvalue weighted by Gasteiger charge is 2.19. The van der Waals surface area contributed by atoms with E-state index in [2.05, 4.69) is 15.6 Å². The molecule has 0 fully saturated rings. The molecule has 0 aliphatic rings. The molecule has 2 aromatic rings. The summed E-state index contributed by atoms with van der Waals surface area (Å²) in [5, 5.41) is 4.93. The first kappa shape index (κ1) is 14.4. The summed E-state index contributed by atoms with van der Waals surface area (Å²) < 4.78 is 1.93. The maximum Gasteiger partial charge on any atom is 0.321 e. The van der Waals surface area contributed by atoms with Crippen LogP contribution in [0, 0.1) is 0 Å². The zero-order valence-corrected chi connectivity index (χ0v) is 12.3. The molecule has 6 nitrogen and oxygen atoms in total. The number of benzene rings is 1. The van der Waals surface area contributed by atoms with Gasteiger partial charge in [-0.1, -0.05) is 23.9 Å². The second-order valence-electron chi connectivity index (χ2n) is 4.27. The van der Waals surface area contributed by atoms with Crippen molar-refractivity contribution in [3.63, 3.8) is 0 Å². The number of urea groups is 1. The van der Waals surface area contributed by atoms with Crippen molar-refractivity contribution in [2.45, 2.75) is 17.3 Å². The van der Waals surface area contributed by atoms with Crippen LogP contribution in [0.25, 0.3) is 11.0 Å². The molecule has 1 aromatic carbocycles. The molecule has 106 valence electrons. The average Bonchev–Trinajstić information content (AvgIpc) is 2.75. The molecule has 0 aliphatic heterocycles. The van der Waals surface area contributed by atoms with Gasteiger partial charge in [0.2, 0.25) is 5.91 Å². The maximum atomic E-state index is 11.8. The van der Waals surface area contributed by atoms with Crippen LogP contribution in [0.1, 0.15) is 6.92 Å². The summed E-state index contributed by atoms with van der Waals surface area (Å²) in [7, 11) is 3.37. The van der Waals surface area contributed by atoms with Gasteiger partial charge in [-0.15, -0.1) is 0 Å². The van der Waals surface area contributed by atoms with Gasteiger partial charge in [0.1, 0.15) is 0 Å². The molecule has 7 heteroatoms. The van der Waals surface area contributed by atoms with Gasteiger partial charge in [0.25, 0.3) is 0 Å². The van der Waals surface area contributed by atoms with E-state index in [1.165, 1.54) is 18.8 Å². The van der Waals surface area contributed by atoms with E-state index >= 15 is 0 Å². The van der Waals surface area contributed by atoms with Crippen LogP contribution in [-0.2, 0) is 11.8 Å². The Morgan fingerprint density at radius 3 is 2.70 bits per heavy atom.